The van der Waals surface area contributed by atoms with Gasteiger partial charge in [-0.25, -0.2) is 19.9 Å². The Bertz CT molecular complexity index is 1470. The second-order valence-electron chi connectivity index (χ2n) is 8.12. The number of anilines is 1. The Morgan fingerprint density at radius 3 is 2.91 bits per heavy atom. The van der Waals surface area contributed by atoms with Crippen molar-refractivity contribution in [2.75, 3.05) is 18.0 Å². The van der Waals surface area contributed by atoms with Crippen molar-refractivity contribution in [2.45, 2.75) is 32.9 Å². The van der Waals surface area contributed by atoms with Crippen LogP contribution < -0.4 is 9.64 Å². The quantitative estimate of drug-likeness (QED) is 0.393. The number of thiophene rings is 1. The highest BCUT2D eigenvalue weighted by Crippen LogP contribution is 2.32. The number of imidazole rings is 1. The van der Waals surface area contributed by atoms with Crippen molar-refractivity contribution in [2.24, 2.45) is 7.05 Å². The molecule has 1 fully saturated rings. The normalized spacial score (nSPS) is 16.3. The van der Waals surface area contributed by atoms with Crippen LogP contribution in [0.3, 0.4) is 0 Å². The van der Waals surface area contributed by atoms with Crippen molar-refractivity contribution in [3.63, 3.8) is 0 Å². The molecular formula is C22H23N9OS. The minimum absolute atomic E-state index is 0.0122. The number of rotatable bonds is 5. The fourth-order valence-corrected chi connectivity index (χ4v) is 5.22. The number of aryl methyl sites for hydroxylation is 2. The SMILES string of the molecule is CCn1ncc(-c2nc3c(O[C@H]4CCN(c5ncnc6sccc56)C4)ncnc3n2C)c1C. The highest BCUT2D eigenvalue weighted by Gasteiger charge is 2.28. The molecule has 6 rings (SSSR count). The summed E-state index contributed by atoms with van der Waals surface area (Å²) in [5, 5.41) is 7.60. The van der Waals surface area contributed by atoms with E-state index in [2.05, 4.69) is 55.2 Å². The van der Waals surface area contributed by atoms with Gasteiger partial charge in [0, 0.05) is 32.3 Å². The van der Waals surface area contributed by atoms with Crippen LogP contribution in [0.25, 0.3) is 32.8 Å². The molecule has 0 aromatic carbocycles. The zero-order valence-electron chi connectivity index (χ0n) is 18.6. The lowest BCUT2D eigenvalue weighted by atomic mass is 10.2. The van der Waals surface area contributed by atoms with Gasteiger partial charge >= 0.3 is 0 Å². The van der Waals surface area contributed by atoms with E-state index in [0.29, 0.717) is 11.4 Å². The van der Waals surface area contributed by atoms with E-state index < -0.39 is 0 Å². The number of hydrogen-bond donors (Lipinski definition) is 0. The molecule has 1 saturated heterocycles. The molecule has 5 aromatic heterocycles. The predicted octanol–water partition coefficient (Wildman–Crippen LogP) is 3.22. The van der Waals surface area contributed by atoms with E-state index in [1.807, 2.05) is 22.5 Å². The third kappa shape index (κ3) is 3.22. The molecule has 1 atom stereocenters. The van der Waals surface area contributed by atoms with Gasteiger partial charge in [0.15, 0.2) is 11.2 Å². The molecule has 0 saturated carbocycles. The zero-order chi connectivity index (χ0) is 22.5. The first-order chi connectivity index (χ1) is 16.1. The van der Waals surface area contributed by atoms with Gasteiger partial charge in [-0.1, -0.05) is 0 Å². The standard InChI is InChI=1S/C22H23N9OS/c1-4-31-13(2)16(9-27-31)19-28-17-20(29(19)3)24-11-25-21(17)32-14-5-7-30(10-14)18-15-6-8-33-22(15)26-12-23-18/h6,8-9,11-12,14H,4-5,7,10H2,1-3H3/t14-/m0/s1. The minimum Gasteiger partial charge on any atom is -0.471 e. The zero-order valence-corrected chi connectivity index (χ0v) is 19.5. The van der Waals surface area contributed by atoms with E-state index in [9.17, 15) is 0 Å². The third-order valence-electron chi connectivity index (χ3n) is 6.23. The van der Waals surface area contributed by atoms with Crippen molar-refractivity contribution in [1.29, 1.82) is 0 Å². The van der Waals surface area contributed by atoms with Crippen LogP contribution in [0.2, 0.25) is 0 Å². The van der Waals surface area contributed by atoms with E-state index in [1.165, 1.54) is 6.33 Å². The van der Waals surface area contributed by atoms with Crippen molar-refractivity contribution in [3.05, 3.63) is 36.0 Å². The van der Waals surface area contributed by atoms with Crippen LogP contribution in [0.4, 0.5) is 5.82 Å². The van der Waals surface area contributed by atoms with Crippen LogP contribution >= 0.6 is 11.3 Å². The Morgan fingerprint density at radius 1 is 1.18 bits per heavy atom. The van der Waals surface area contributed by atoms with Gasteiger partial charge in [-0.2, -0.15) is 10.1 Å². The van der Waals surface area contributed by atoms with Crippen molar-refractivity contribution in [3.8, 4) is 17.3 Å². The number of aromatic nitrogens is 8. The first kappa shape index (κ1) is 20.0. The summed E-state index contributed by atoms with van der Waals surface area (Å²) in [6, 6.07) is 2.08. The molecule has 10 nitrogen and oxygen atoms in total. The summed E-state index contributed by atoms with van der Waals surface area (Å²) in [6.45, 7) is 6.54. The molecule has 1 aliphatic rings. The Kier molecular flexibility index (Phi) is 4.72. The highest BCUT2D eigenvalue weighted by atomic mass is 32.1. The average Bonchev–Trinajstić information content (AvgIpc) is 3.61. The number of hydrogen-bond acceptors (Lipinski definition) is 9. The molecule has 6 heterocycles. The lowest BCUT2D eigenvalue weighted by Gasteiger charge is -2.18. The molecule has 0 radical (unpaired) electrons. The maximum absolute atomic E-state index is 6.36. The van der Waals surface area contributed by atoms with Gasteiger partial charge in [-0.15, -0.1) is 11.3 Å². The largest absolute Gasteiger partial charge is 0.471 e. The number of nitrogens with zero attached hydrogens (tertiary/aromatic N) is 9. The third-order valence-corrected chi connectivity index (χ3v) is 7.05. The van der Waals surface area contributed by atoms with E-state index >= 15 is 0 Å². The predicted molar refractivity (Wildman–Crippen MR) is 127 cm³/mol. The van der Waals surface area contributed by atoms with E-state index in [-0.39, 0.29) is 6.10 Å². The topological polar surface area (TPSA) is 99.7 Å². The Balaban J connectivity index is 1.29. The molecule has 0 bridgehead atoms. The van der Waals surface area contributed by atoms with E-state index in [4.69, 9.17) is 9.72 Å². The Labute approximate surface area is 193 Å². The molecule has 0 N–H and O–H groups in total. The van der Waals surface area contributed by atoms with Crippen LogP contribution in [-0.4, -0.2) is 58.5 Å². The summed E-state index contributed by atoms with van der Waals surface area (Å²) >= 11 is 1.63. The average molecular weight is 462 g/mol. The van der Waals surface area contributed by atoms with Crippen LogP contribution in [0.1, 0.15) is 19.0 Å². The Morgan fingerprint density at radius 2 is 2.06 bits per heavy atom. The van der Waals surface area contributed by atoms with Crippen molar-refractivity contribution in [1.82, 2.24) is 39.3 Å². The summed E-state index contributed by atoms with van der Waals surface area (Å²) in [7, 11) is 1.96. The Hall–Kier alpha value is -3.60. The fraction of sp³-hybridized carbons (Fsp3) is 0.364. The molecule has 1 aliphatic heterocycles. The van der Waals surface area contributed by atoms with Gasteiger partial charge < -0.3 is 14.2 Å². The van der Waals surface area contributed by atoms with Gasteiger partial charge in [0.25, 0.3) is 0 Å². The molecule has 0 unspecified atom stereocenters. The second kappa shape index (κ2) is 7.77. The summed E-state index contributed by atoms with van der Waals surface area (Å²) < 4.78 is 10.3. The first-order valence-corrected chi connectivity index (χ1v) is 11.8. The molecular weight excluding hydrogens is 438 g/mol. The van der Waals surface area contributed by atoms with Gasteiger partial charge in [0.05, 0.1) is 23.7 Å². The van der Waals surface area contributed by atoms with Gasteiger partial charge in [0.1, 0.15) is 35.2 Å². The van der Waals surface area contributed by atoms with Crippen molar-refractivity contribution >= 4 is 38.5 Å². The van der Waals surface area contributed by atoms with Gasteiger partial charge in [-0.3, -0.25) is 4.68 Å². The molecule has 0 spiro atoms. The lowest BCUT2D eigenvalue weighted by Crippen LogP contribution is -2.25. The fourth-order valence-electron chi connectivity index (χ4n) is 4.49. The lowest BCUT2D eigenvalue weighted by molar-refractivity contribution is 0.218. The molecule has 168 valence electrons. The number of ether oxygens (including phenoxy) is 1. The summed E-state index contributed by atoms with van der Waals surface area (Å²) in [6.07, 6.45) is 5.90. The maximum Gasteiger partial charge on any atom is 0.245 e. The monoisotopic (exact) mass is 461 g/mol. The van der Waals surface area contributed by atoms with Crippen molar-refractivity contribution < 1.29 is 4.74 Å². The summed E-state index contributed by atoms with van der Waals surface area (Å²) in [4.78, 5) is 25.9. The molecule has 11 heteroatoms. The minimum atomic E-state index is -0.0122. The molecule has 33 heavy (non-hydrogen) atoms. The molecule has 0 aliphatic carbocycles. The van der Waals surface area contributed by atoms with Crippen LogP contribution in [0, 0.1) is 6.92 Å². The van der Waals surface area contributed by atoms with Crippen LogP contribution in [0.5, 0.6) is 5.88 Å². The highest BCUT2D eigenvalue weighted by molar-refractivity contribution is 7.16. The smallest absolute Gasteiger partial charge is 0.245 e. The second-order valence-corrected chi connectivity index (χ2v) is 9.01. The summed E-state index contributed by atoms with van der Waals surface area (Å²) in [5.41, 5.74) is 3.46. The number of fused-ring (bicyclic) bond motifs is 2. The molecule has 5 aromatic rings. The molecule has 0 amide bonds. The van der Waals surface area contributed by atoms with Crippen LogP contribution in [0.15, 0.2) is 30.3 Å². The van der Waals surface area contributed by atoms with E-state index in [1.54, 1.807) is 17.7 Å². The first-order valence-electron chi connectivity index (χ1n) is 10.9. The van der Waals surface area contributed by atoms with E-state index in [0.717, 1.165) is 64.8 Å². The van der Waals surface area contributed by atoms with Gasteiger partial charge in [0.2, 0.25) is 5.88 Å². The maximum atomic E-state index is 6.36. The van der Waals surface area contributed by atoms with Gasteiger partial charge in [-0.05, 0) is 25.3 Å². The van der Waals surface area contributed by atoms with Crippen LogP contribution in [-0.2, 0) is 13.6 Å². The summed E-state index contributed by atoms with van der Waals surface area (Å²) in [5.74, 6) is 2.28.